The Labute approximate surface area is 166 Å². The molecule has 5 nitrogen and oxygen atoms in total. The van der Waals surface area contributed by atoms with E-state index in [1.165, 1.54) is 0 Å². The van der Waals surface area contributed by atoms with E-state index in [0.717, 1.165) is 32.8 Å². The van der Waals surface area contributed by atoms with Gasteiger partial charge in [-0.25, -0.2) is 8.42 Å². The number of amides is 1. The molecule has 0 spiro atoms. The highest BCUT2D eigenvalue weighted by atomic mass is 35.5. The van der Waals surface area contributed by atoms with Crippen LogP contribution in [0.15, 0.2) is 36.4 Å². The fraction of sp³-hybridized carbons (Fsp3) is 0.350. The number of sulfonamides is 1. The summed E-state index contributed by atoms with van der Waals surface area (Å²) in [6, 6.07) is 10.7. The number of aryl methyl sites for hydroxylation is 3. The number of hydrogen-bond acceptors (Lipinski definition) is 3. The van der Waals surface area contributed by atoms with Gasteiger partial charge in [-0.2, -0.15) is 0 Å². The molecule has 0 aliphatic heterocycles. The van der Waals surface area contributed by atoms with Crippen molar-refractivity contribution in [3.63, 3.8) is 0 Å². The van der Waals surface area contributed by atoms with Crippen LogP contribution in [0.5, 0.6) is 0 Å². The van der Waals surface area contributed by atoms with Crippen molar-refractivity contribution >= 4 is 33.2 Å². The summed E-state index contributed by atoms with van der Waals surface area (Å²) in [6.07, 6.45) is 1.08. The third-order valence-electron chi connectivity index (χ3n) is 4.40. The van der Waals surface area contributed by atoms with Crippen LogP contribution in [0.3, 0.4) is 0 Å². The number of halogens is 1. The molecular weight excluding hydrogens is 384 g/mol. The Morgan fingerprint density at radius 2 is 1.78 bits per heavy atom. The van der Waals surface area contributed by atoms with Gasteiger partial charge in [-0.15, -0.1) is 0 Å². The number of nitrogens with one attached hydrogen (secondary N) is 1. The van der Waals surface area contributed by atoms with Gasteiger partial charge in [0.05, 0.1) is 18.0 Å². The Balaban J connectivity index is 2.23. The second-order valence-electron chi connectivity index (χ2n) is 6.85. The van der Waals surface area contributed by atoms with Gasteiger partial charge in [0.1, 0.15) is 6.54 Å². The second-order valence-corrected chi connectivity index (χ2v) is 9.19. The van der Waals surface area contributed by atoms with Gasteiger partial charge in [0, 0.05) is 5.02 Å². The number of nitrogens with zero attached hydrogens (tertiary/aromatic N) is 1. The average molecular weight is 409 g/mol. The lowest BCUT2D eigenvalue weighted by Gasteiger charge is -2.25. The van der Waals surface area contributed by atoms with E-state index in [0.29, 0.717) is 10.7 Å². The third-order valence-corrected chi connectivity index (χ3v) is 5.76. The van der Waals surface area contributed by atoms with Gasteiger partial charge in [0.15, 0.2) is 0 Å². The molecular formula is C20H25ClN2O3S. The molecule has 1 atom stereocenters. The molecule has 0 aromatic heterocycles. The molecule has 0 bridgehead atoms. The maximum atomic E-state index is 12.6. The van der Waals surface area contributed by atoms with Gasteiger partial charge in [0.25, 0.3) is 0 Å². The van der Waals surface area contributed by atoms with Gasteiger partial charge >= 0.3 is 0 Å². The van der Waals surface area contributed by atoms with E-state index in [-0.39, 0.29) is 18.5 Å². The molecule has 0 radical (unpaired) electrons. The standard InChI is InChI=1S/C20H25ClN2O3S/c1-13-6-9-18(15(3)10-13)16(4)22-20(24)12-23(27(5,25)26)19-11-17(21)8-7-14(19)2/h6-11,16H,12H2,1-5H3,(H,22,24). The largest absolute Gasteiger partial charge is 0.348 e. The lowest BCUT2D eigenvalue weighted by Crippen LogP contribution is -2.41. The lowest BCUT2D eigenvalue weighted by atomic mass is 10.0. The number of carbonyl (C=O) groups excluding carboxylic acids is 1. The van der Waals surface area contributed by atoms with E-state index in [9.17, 15) is 13.2 Å². The van der Waals surface area contributed by atoms with E-state index < -0.39 is 10.0 Å². The minimum absolute atomic E-state index is 0.236. The first kappa shape index (κ1) is 21.3. The van der Waals surface area contributed by atoms with Crippen molar-refractivity contribution < 1.29 is 13.2 Å². The van der Waals surface area contributed by atoms with Crippen molar-refractivity contribution in [2.45, 2.75) is 33.7 Å². The average Bonchev–Trinajstić information content (AvgIpc) is 2.54. The van der Waals surface area contributed by atoms with E-state index in [1.54, 1.807) is 25.1 Å². The Bertz CT molecular complexity index is 958. The van der Waals surface area contributed by atoms with Crippen molar-refractivity contribution in [2.75, 3.05) is 17.1 Å². The fourth-order valence-electron chi connectivity index (χ4n) is 3.04. The quantitative estimate of drug-likeness (QED) is 0.787. The first-order chi connectivity index (χ1) is 12.5. The van der Waals surface area contributed by atoms with Crippen molar-refractivity contribution in [2.24, 2.45) is 0 Å². The number of benzene rings is 2. The first-order valence-corrected chi connectivity index (χ1v) is 10.8. The zero-order valence-corrected chi connectivity index (χ0v) is 17.8. The summed E-state index contributed by atoms with van der Waals surface area (Å²) in [5.74, 6) is -0.382. The maximum absolute atomic E-state index is 12.6. The zero-order valence-electron chi connectivity index (χ0n) is 16.2. The fourth-order valence-corrected chi connectivity index (χ4v) is 4.11. The maximum Gasteiger partial charge on any atom is 0.241 e. The molecule has 1 unspecified atom stereocenters. The van der Waals surface area contributed by atoms with E-state index in [2.05, 4.69) is 11.4 Å². The molecule has 7 heteroatoms. The summed E-state index contributed by atoms with van der Waals surface area (Å²) in [6.45, 7) is 7.35. The monoisotopic (exact) mass is 408 g/mol. The number of rotatable bonds is 6. The second kappa shape index (κ2) is 8.31. The molecule has 0 aliphatic carbocycles. The molecule has 1 amide bonds. The Morgan fingerprint density at radius 3 is 2.37 bits per heavy atom. The smallest absolute Gasteiger partial charge is 0.241 e. The highest BCUT2D eigenvalue weighted by Gasteiger charge is 2.23. The number of carbonyl (C=O) groups is 1. The summed E-state index contributed by atoms with van der Waals surface area (Å²) in [7, 11) is -3.65. The Morgan fingerprint density at radius 1 is 1.11 bits per heavy atom. The minimum Gasteiger partial charge on any atom is -0.348 e. The van der Waals surface area contributed by atoms with E-state index >= 15 is 0 Å². The van der Waals surface area contributed by atoms with Crippen LogP contribution in [0.2, 0.25) is 5.02 Å². The van der Waals surface area contributed by atoms with Crippen LogP contribution >= 0.6 is 11.6 Å². The summed E-state index contributed by atoms with van der Waals surface area (Å²) in [4.78, 5) is 12.6. The predicted octanol–water partition coefficient (Wildman–Crippen LogP) is 3.91. The molecule has 0 fully saturated rings. The van der Waals surface area contributed by atoms with Gasteiger partial charge in [-0.05, 0) is 56.5 Å². The van der Waals surface area contributed by atoms with Crippen LogP contribution in [0, 0.1) is 20.8 Å². The molecule has 0 saturated carbocycles. The summed E-state index contributed by atoms with van der Waals surface area (Å²) >= 11 is 6.02. The molecule has 2 aromatic carbocycles. The van der Waals surface area contributed by atoms with Crippen LogP contribution in [-0.2, 0) is 14.8 Å². The Hall–Kier alpha value is -2.05. The third kappa shape index (κ3) is 5.47. The van der Waals surface area contributed by atoms with Gasteiger partial charge in [-0.1, -0.05) is 41.4 Å². The highest BCUT2D eigenvalue weighted by Crippen LogP contribution is 2.26. The normalized spacial score (nSPS) is 12.5. The van der Waals surface area contributed by atoms with Crippen LogP contribution in [0.25, 0.3) is 0 Å². The molecule has 1 N–H and O–H groups in total. The first-order valence-electron chi connectivity index (χ1n) is 8.59. The van der Waals surface area contributed by atoms with Gasteiger partial charge in [0.2, 0.25) is 15.9 Å². The van der Waals surface area contributed by atoms with Crippen LogP contribution in [-0.4, -0.2) is 27.1 Å². The van der Waals surface area contributed by atoms with Crippen molar-refractivity contribution in [1.29, 1.82) is 0 Å². The molecule has 0 aliphatic rings. The van der Waals surface area contributed by atoms with Crippen molar-refractivity contribution in [3.05, 3.63) is 63.7 Å². The molecule has 0 heterocycles. The summed E-state index contributed by atoms with van der Waals surface area (Å²) in [5.41, 5.74) is 4.35. The van der Waals surface area contributed by atoms with Gasteiger partial charge in [-0.3, -0.25) is 9.10 Å². The SMILES string of the molecule is Cc1ccc(C(C)NC(=O)CN(c2cc(Cl)ccc2C)S(C)(=O)=O)c(C)c1. The Kier molecular flexibility index (Phi) is 6.54. The van der Waals surface area contributed by atoms with Gasteiger partial charge < -0.3 is 5.32 Å². The van der Waals surface area contributed by atoms with Crippen molar-refractivity contribution in [3.8, 4) is 0 Å². The molecule has 2 aromatic rings. The van der Waals surface area contributed by atoms with Crippen LogP contribution in [0.4, 0.5) is 5.69 Å². The minimum atomic E-state index is -3.65. The number of hydrogen-bond donors (Lipinski definition) is 1. The topological polar surface area (TPSA) is 66.5 Å². The summed E-state index contributed by atoms with van der Waals surface area (Å²) in [5, 5.41) is 3.30. The van der Waals surface area contributed by atoms with Crippen LogP contribution < -0.4 is 9.62 Å². The van der Waals surface area contributed by atoms with Crippen molar-refractivity contribution in [1.82, 2.24) is 5.32 Å². The van der Waals surface area contributed by atoms with Crippen LogP contribution in [0.1, 0.15) is 35.2 Å². The zero-order chi connectivity index (χ0) is 20.4. The number of anilines is 1. The molecule has 27 heavy (non-hydrogen) atoms. The predicted molar refractivity (Wildman–Crippen MR) is 111 cm³/mol. The molecule has 2 rings (SSSR count). The van der Waals surface area contributed by atoms with E-state index in [1.807, 2.05) is 32.9 Å². The molecule has 0 saturated heterocycles. The lowest BCUT2D eigenvalue weighted by molar-refractivity contribution is -0.120. The van der Waals surface area contributed by atoms with E-state index in [4.69, 9.17) is 11.6 Å². The summed E-state index contributed by atoms with van der Waals surface area (Å²) < 4.78 is 25.6. The molecule has 146 valence electrons. The highest BCUT2D eigenvalue weighted by molar-refractivity contribution is 7.92.